The Kier molecular flexibility index (Phi) is 5.93. The summed E-state index contributed by atoms with van der Waals surface area (Å²) >= 11 is 6.11. The fraction of sp³-hybridized carbons (Fsp3) is 0.235. The zero-order valence-corrected chi connectivity index (χ0v) is 14.3. The van der Waals surface area contributed by atoms with Crippen LogP contribution in [0.5, 0.6) is 0 Å². The quantitative estimate of drug-likeness (QED) is 0.779. The van der Waals surface area contributed by atoms with Crippen molar-refractivity contribution >= 4 is 27.4 Å². The predicted octanol–water partition coefficient (Wildman–Crippen LogP) is 3.21. The highest BCUT2D eigenvalue weighted by Crippen LogP contribution is 2.22. The van der Waals surface area contributed by atoms with Crippen LogP contribution in [0, 0.1) is 6.92 Å². The molecule has 2 rings (SSSR count). The van der Waals surface area contributed by atoms with Gasteiger partial charge in [0.1, 0.15) is 5.38 Å². The van der Waals surface area contributed by atoms with Crippen molar-refractivity contribution in [1.82, 2.24) is 4.72 Å². The molecule has 0 heterocycles. The van der Waals surface area contributed by atoms with Gasteiger partial charge in [-0.3, -0.25) is 4.79 Å². The Morgan fingerprint density at radius 1 is 1.09 bits per heavy atom. The number of alkyl halides is 1. The highest BCUT2D eigenvalue weighted by atomic mass is 35.5. The standard InChI is InChI=1S/C17H18ClNO3S/c1-13-7-9-15(10-8-13)23(21,22)19-12-11-16(20)17(18)14-5-3-2-4-6-14/h2-10,17,19H,11-12H2,1H3. The summed E-state index contributed by atoms with van der Waals surface area (Å²) in [6.07, 6.45) is 0.0359. The van der Waals surface area contributed by atoms with Crippen molar-refractivity contribution in [3.63, 3.8) is 0 Å². The van der Waals surface area contributed by atoms with E-state index >= 15 is 0 Å². The zero-order chi connectivity index (χ0) is 16.9. The summed E-state index contributed by atoms with van der Waals surface area (Å²) in [6, 6.07) is 15.5. The molecule has 0 radical (unpaired) electrons. The highest BCUT2D eigenvalue weighted by molar-refractivity contribution is 7.89. The van der Waals surface area contributed by atoms with Gasteiger partial charge in [0.2, 0.25) is 10.0 Å². The summed E-state index contributed by atoms with van der Waals surface area (Å²) < 4.78 is 26.6. The van der Waals surface area contributed by atoms with Crippen molar-refractivity contribution in [2.24, 2.45) is 0 Å². The second-order valence-corrected chi connectivity index (χ2v) is 7.40. The molecule has 0 aliphatic heterocycles. The summed E-state index contributed by atoms with van der Waals surface area (Å²) in [7, 11) is -3.61. The third kappa shape index (κ3) is 4.89. The van der Waals surface area contributed by atoms with E-state index in [2.05, 4.69) is 4.72 Å². The average Bonchev–Trinajstić information content (AvgIpc) is 2.55. The van der Waals surface area contributed by atoms with Crippen molar-refractivity contribution in [2.75, 3.05) is 6.54 Å². The van der Waals surface area contributed by atoms with Crippen LogP contribution in [0.1, 0.15) is 22.9 Å². The minimum atomic E-state index is -3.61. The number of nitrogens with one attached hydrogen (secondary N) is 1. The molecule has 0 amide bonds. The van der Waals surface area contributed by atoms with Crippen LogP contribution in [0.2, 0.25) is 0 Å². The van der Waals surface area contributed by atoms with Gasteiger partial charge < -0.3 is 0 Å². The van der Waals surface area contributed by atoms with Crippen LogP contribution in [-0.2, 0) is 14.8 Å². The third-order valence-electron chi connectivity index (χ3n) is 3.37. The molecule has 0 saturated carbocycles. The smallest absolute Gasteiger partial charge is 0.240 e. The van der Waals surface area contributed by atoms with Crippen LogP contribution in [-0.4, -0.2) is 20.7 Å². The van der Waals surface area contributed by atoms with Crippen molar-refractivity contribution < 1.29 is 13.2 Å². The lowest BCUT2D eigenvalue weighted by molar-refractivity contribution is -0.118. The molecule has 0 spiro atoms. The van der Waals surface area contributed by atoms with Gasteiger partial charge >= 0.3 is 0 Å². The maximum absolute atomic E-state index is 12.1. The normalized spacial score (nSPS) is 12.8. The lowest BCUT2D eigenvalue weighted by Gasteiger charge is -2.10. The number of ketones is 1. The van der Waals surface area contributed by atoms with Crippen LogP contribution in [0.25, 0.3) is 0 Å². The van der Waals surface area contributed by atoms with Gasteiger partial charge in [0.05, 0.1) is 4.90 Å². The maximum atomic E-state index is 12.1. The zero-order valence-electron chi connectivity index (χ0n) is 12.7. The van der Waals surface area contributed by atoms with E-state index in [4.69, 9.17) is 11.6 Å². The van der Waals surface area contributed by atoms with Crippen molar-refractivity contribution in [3.8, 4) is 0 Å². The van der Waals surface area contributed by atoms with Gasteiger partial charge in [0.15, 0.2) is 5.78 Å². The Balaban J connectivity index is 1.91. The number of Topliss-reactive ketones (excluding diaryl/α,β-unsaturated/α-hetero) is 1. The number of carbonyl (C=O) groups excluding carboxylic acids is 1. The molecule has 2 aromatic rings. The lowest BCUT2D eigenvalue weighted by Crippen LogP contribution is -2.27. The van der Waals surface area contributed by atoms with E-state index in [-0.39, 0.29) is 23.6 Å². The van der Waals surface area contributed by atoms with Gasteiger partial charge in [-0.15, -0.1) is 11.6 Å². The van der Waals surface area contributed by atoms with Crippen LogP contribution in [0.3, 0.4) is 0 Å². The number of halogens is 1. The highest BCUT2D eigenvalue weighted by Gasteiger charge is 2.19. The Morgan fingerprint density at radius 2 is 1.70 bits per heavy atom. The van der Waals surface area contributed by atoms with Crippen LogP contribution >= 0.6 is 11.6 Å². The Bertz CT molecular complexity index is 758. The van der Waals surface area contributed by atoms with Crippen LogP contribution in [0.15, 0.2) is 59.5 Å². The molecule has 23 heavy (non-hydrogen) atoms. The number of carbonyl (C=O) groups is 1. The van der Waals surface area contributed by atoms with E-state index < -0.39 is 15.4 Å². The van der Waals surface area contributed by atoms with Gasteiger partial charge in [0, 0.05) is 13.0 Å². The Labute approximate surface area is 141 Å². The van der Waals surface area contributed by atoms with Gasteiger partial charge in [-0.05, 0) is 24.6 Å². The molecule has 6 heteroatoms. The minimum Gasteiger partial charge on any atom is -0.298 e. The third-order valence-corrected chi connectivity index (χ3v) is 5.34. The largest absolute Gasteiger partial charge is 0.298 e. The Hall–Kier alpha value is -1.69. The summed E-state index contributed by atoms with van der Waals surface area (Å²) in [4.78, 5) is 12.2. The van der Waals surface area contributed by atoms with Crippen molar-refractivity contribution in [2.45, 2.75) is 23.6 Å². The number of rotatable bonds is 7. The topological polar surface area (TPSA) is 63.2 Å². The van der Waals surface area contributed by atoms with Gasteiger partial charge in [0.25, 0.3) is 0 Å². The average molecular weight is 352 g/mol. The molecule has 0 aliphatic carbocycles. The van der Waals surface area contributed by atoms with E-state index in [9.17, 15) is 13.2 Å². The molecule has 0 bridgehead atoms. The number of hydrogen-bond donors (Lipinski definition) is 1. The van der Waals surface area contributed by atoms with E-state index in [1.54, 1.807) is 36.4 Å². The summed E-state index contributed by atoms with van der Waals surface area (Å²) in [5, 5.41) is -0.764. The molecule has 1 atom stereocenters. The minimum absolute atomic E-state index is 0.0189. The maximum Gasteiger partial charge on any atom is 0.240 e. The first-order valence-electron chi connectivity index (χ1n) is 7.18. The van der Waals surface area contributed by atoms with Gasteiger partial charge in [-0.1, -0.05) is 48.0 Å². The molecule has 1 unspecified atom stereocenters. The fourth-order valence-electron chi connectivity index (χ4n) is 2.04. The Morgan fingerprint density at radius 3 is 2.30 bits per heavy atom. The molecule has 1 N–H and O–H groups in total. The second-order valence-electron chi connectivity index (χ2n) is 5.20. The monoisotopic (exact) mass is 351 g/mol. The first-order chi connectivity index (χ1) is 10.9. The second kappa shape index (κ2) is 7.73. The molecule has 0 aromatic heterocycles. The fourth-order valence-corrected chi connectivity index (χ4v) is 3.33. The molecule has 122 valence electrons. The van der Waals surface area contributed by atoms with Crippen molar-refractivity contribution in [3.05, 3.63) is 65.7 Å². The number of aryl methyl sites for hydroxylation is 1. The van der Waals surface area contributed by atoms with E-state index in [0.717, 1.165) is 5.56 Å². The predicted molar refractivity (Wildman–Crippen MR) is 91.0 cm³/mol. The van der Waals surface area contributed by atoms with Gasteiger partial charge in [-0.25, -0.2) is 13.1 Å². The van der Waals surface area contributed by atoms with Gasteiger partial charge in [-0.2, -0.15) is 0 Å². The molecule has 4 nitrogen and oxygen atoms in total. The number of sulfonamides is 1. The van der Waals surface area contributed by atoms with Crippen LogP contribution < -0.4 is 4.72 Å². The van der Waals surface area contributed by atoms with Crippen LogP contribution in [0.4, 0.5) is 0 Å². The first kappa shape index (κ1) is 17.7. The van der Waals surface area contributed by atoms with E-state index in [1.165, 1.54) is 12.1 Å². The molecule has 0 aliphatic rings. The van der Waals surface area contributed by atoms with Crippen molar-refractivity contribution in [1.29, 1.82) is 0 Å². The molecule has 0 fully saturated rings. The van der Waals surface area contributed by atoms with E-state index in [1.807, 2.05) is 13.0 Å². The number of hydrogen-bond acceptors (Lipinski definition) is 3. The molecular weight excluding hydrogens is 334 g/mol. The summed E-state index contributed by atoms with van der Waals surface area (Å²) in [5.74, 6) is -0.218. The first-order valence-corrected chi connectivity index (χ1v) is 9.10. The lowest BCUT2D eigenvalue weighted by atomic mass is 10.1. The number of benzene rings is 2. The van der Waals surface area contributed by atoms with E-state index in [0.29, 0.717) is 5.56 Å². The molecular formula is C17H18ClNO3S. The SMILES string of the molecule is Cc1ccc(S(=O)(=O)NCCC(=O)C(Cl)c2ccccc2)cc1. The molecule has 2 aromatic carbocycles. The molecule has 0 saturated heterocycles. The summed E-state index contributed by atoms with van der Waals surface area (Å²) in [5.41, 5.74) is 1.69. The summed E-state index contributed by atoms with van der Waals surface area (Å²) in [6.45, 7) is 1.90.